The van der Waals surface area contributed by atoms with Gasteiger partial charge in [-0.3, -0.25) is 0 Å². The quantitative estimate of drug-likeness (QED) is 0.682. The lowest BCUT2D eigenvalue weighted by atomic mass is 10.3. The van der Waals surface area contributed by atoms with E-state index < -0.39 is 0 Å². The summed E-state index contributed by atoms with van der Waals surface area (Å²) in [5, 5.41) is 5.48. The number of pyridine rings is 1. The summed E-state index contributed by atoms with van der Waals surface area (Å²) in [6.45, 7) is 1.28. The third-order valence-corrected chi connectivity index (χ3v) is 2.31. The number of carbonyl (C=O) groups excluding carboxylic acids is 1. The summed E-state index contributed by atoms with van der Waals surface area (Å²) in [4.78, 5) is 15.4. The maximum Gasteiger partial charge on any atom is 0.319 e. The lowest BCUT2D eigenvalue weighted by Crippen LogP contribution is -2.38. The fourth-order valence-corrected chi connectivity index (χ4v) is 1.48. The Morgan fingerprint density at radius 1 is 1.56 bits per heavy atom. The summed E-state index contributed by atoms with van der Waals surface area (Å²) in [7, 11) is 0. The van der Waals surface area contributed by atoms with Crippen LogP contribution in [0.25, 0.3) is 0 Å². The van der Waals surface area contributed by atoms with Gasteiger partial charge in [0.05, 0.1) is 24.5 Å². The summed E-state index contributed by atoms with van der Waals surface area (Å²) in [5.74, 6) is 0.426. The van der Waals surface area contributed by atoms with E-state index in [-0.39, 0.29) is 12.1 Å². The highest BCUT2D eigenvalue weighted by atomic mass is 16.5. The van der Waals surface area contributed by atoms with E-state index in [1.807, 2.05) is 0 Å². The van der Waals surface area contributed by atoms with Gasteiger partial charge >= 0.3 is 6.03 Å². The van der Waals surface area contributed by atoms with Crippen molar-refractivity contribution in [3.8, 4) is 0 Å². The van der Waals surface area contributed by atoms with Gasteiger partial charge in [0.2, 0.25) is 0 Å². The third-order valence-electron chi connectivity index (χ3n) is 2.31. The van der Waals surface area contributed by atoms with E-state index in [1.54, 1.807) is 12.1 Å². The van der Waals surface area contributed by atoms with Crippen molar-refractivity contribution in [1.82, 2.24) is 10.3 Å². The highest BCUT2D eigenvalue weighted by molar-refractivity contribution is 5.89. The van der Waals surface area contributed by atoms with Gasteiger partial charge in [0.25, 0.3) is 0 Å². The van der Waals surface area contributed by atoms with Crippen LogP contribution in [0.3, 0.4) is 0 Å². The van der Waals surface area contributed by atoms with E-state index in [2.05, 4.69) is 15.6 Å². The topological polar surface area (TPSA) is 89.3 Å². The molecule has 1 saturated heterocycles. The maximum absolute atomic E-state index is 11.5. The average molecular weight is 222 g/mol. The number of nitrogens with two attached hydrogens (primary N) is 1. The van der Waals surface area contributed by atoms with Crippen molar-refractivity contribution in [3.05, 3.63) is 18.3 Å². The number of hydrogen-bond donors (Lipinski definition) is 3. The molecule has 0 radical (unpaired) electrons. The molecule has 0 aliphatic carbocycles. The van der Waals surface area contributed by atoms with Gasteiger partial charge in [-0.2, -0.15) is 0 Å². The molecule has 2 amide bonds. The minimum absolute atomic E-state index is 0.0988. The Hall–Kier alpha value is -1.82. The van der Waals surface area contributed by atoms with Gasteiger partial charge in [-0.05, 0) is 18.6 Å². The van der Waals surface area contributed by atoms with Crippen LogP contribution in [0.1, 0.15) is 6.42 Å². The standard InChI is InChI=1S/C10H14N4O2/c11-9-2-1-7(5-12-9)13-10(15)14-8-3-4-16-6-8/h1-2,5,8H,3-4,6H2,(H2,11,12)(H2,13,14,15). The second-order valence-corrected chi connectivity index (χ2v) is 3.63. The highest BCUT2D eigenvalue weighted by Crippen LogP contribution is 2.07. The molecule has 1 aromatic heterocycles. The molecule has 86 valence electrons. The van der Waals surface area contributed by atoms with Crippen LogP contribution >= 0.6 is 0 Å². The Kier molecular flexibility index (Phi) is 3.21. The SMILES string of the molecule is Nc1ccc(NC(=O)NC2CCOC2)cn1. The zero-order chi connectivity index (χ0) is 11.4. The van der Waals surface area contributed by atoms with Crippen LogP contribution in [0.15, 0.2) is 18.3 Å². The van der Waals surface area contributed by atoms with Crippen LogP contribution < -0.4 is 16.4 Å². The molecular weight excluding hydrogens is 208 g/mol. The van der Waals surface area contributed by atoms with Gasteiger partial charge < -0.3 is 21.1 Å². The van der Waals surface area contributed by atoms with Gasteiger partial charge in [-0.1, -0.05) is 0 Å². The Bertz CT molecular complexity index is 360. The predicted molar refractivity (Wildman–Crippen MR) is 60.0 cm³/mol. The monoisotopic (exact) mass is 222 g/mol. The van der Waals surface area contributed by atoms with E-state index >= 15 is 0 Å². The molecule has 1 aliphatic rings. The summed E-state index contributed by atoms with van der Waals surface area (Å²) in [5.41, 5.74) is 6.05. The van der Waals surface area contributed by atoms with E-state index in [0.717, 1.165) is 6.42 Å². The van der Waals surface area contributed by atoms with Gasteiger partial charge in [-0.25, -0.2) is 9.78 Å². The molecule has 1 aliphatic heterocycles. The molecule has 1 fully saturated rings. The molecular formula is C10H14N4O2. The molecule has 1 unspecified atom stereocenters. The average Bonchev–Trinajstić information content (AvgIpc) is 2.74. The van der Waals surface area contributed by atoms with Gasteiger partial charge in [-0.15, -0.1) is 0 Å². The van der Waals surface area contributed by atoms with Crippen molar-refractivity contribution in [2.45, 2.75) is 12.5 Å². The van der Waals surface area contributed by atoms with Gasteiger partial charge in [0.1, 0.15) is 5.82 Å². The molecule has 0 bridgehead atoms. The first kappa shape index (κ1) is 10.7. The van der Waals surface area contributed by atoms with Crippen LogP contribution in [0.4, 0.5) is 16.3 Å². The zero-order valence-electron chi connectivity index (χ0n) is 8.77. The number of anilines is 2. The molecule has 0 spiro atoms. The molecule has 6 nitrogen and oxygen atoms in total. The van der Waals surface area contributed by atoms with Crippen LogP contribution in [0.5, 0.6) is 0 Å². The van der Waals surface area contributed by atoms with Crippen LogP contribution in [-0.2, 0) is 4.74 Å². The van der Waals surface area contributed by atoms with Crippen molar-refractivity contribution in [1.29, 1.82) is 0 Å². The number of ether oxygens (including phenoxy) is 1. The van der Waals surface area contributed by atoms with Crippen molar-refractivity contribution in [2.75, 3.05) is 24.3 Å². The smallest absolute Gasteiger partial charge is 0.319 e. The fraction of sp³-hybridized carbons (Fsp3) is 0.400. The Morgan fingerprint density at radius 2 is 2.44 bits per heavy atom. The molecule has 0 saturated carbocycles. The largest absolute Gasteiger partial charge is 0.384 e. The first-order valence-corrected chi connectivity index (χ1v) is 5.11. The Morgan fingerprint density at radius 3 is 3.06 bits per heavy atom. The summed E-state index contributed by atoms with van der Waals surface area (Å²) in [6, 6.07) is 3.19. The van der Waals surface area contributed by atoms with Crippen LogP contribution in [-0.4, -0.2) is 30.3 Å². The third kappa shape index (κ3) is 2.83. The zero-order valence-corrected chi connectivity index (χ0v) is 8.77. The van der Waals surface area contributed by atoms with E-state index in [9.17, 15) is 4.79 Å². The van der Waals surface area contributed by atoms with Crippen molar-refractivity contribution in [2.24, 2.45) is 0 Å². The predicted octanol–water partition coefficient (Wildman–Crippen LogP) is 0.574. The second kappa shape index (κ2) is 4.80. The number of amides is 2. The summed E-state index contributed by atoms with van der Waals surface area (Å²) >= 11 is 0. The second-order valence-electron chi connectivity index (χ2n) is 3.63. The fourth-order valence-electron chi connectivity index (χ4n) is 1.48. The van der Waals surface area contributed by atoms with Crippen LogP contribution in [0.2, 0.25) is 0 Å². The van der Waals surface area contributed by atoms with Gasteiger partial charge in [0, 0.05) is 6.61 Å². The normalized spacial score (nSPS) is 19.4. The number of nitrogens with zero attached hydrogens (tertiary/aromatic N) is 1. The minimum atomic E-state index is -0.248. The molecule has 0 aromatic carbocycles. The maximum atomic E-state index is 11.5. The lowest BCUT2D eigenvalue weighted by molar-refractivity contribution is 0.189. The Labute approximate surface area is 93.2 Å². The van der Waals surface area contributed by atoms with E-state index in [0.29, 0.717) is 24.7 Å². The Balaban J connectivity index is 1.84. The number of nitrogen functional groups attached to an aromatic ring is 1. The lowest BCUT2D eigenvalue weighted by Gasteiger charge is -2.11. The van der Waals surface area contributed by atoms with E-state index in [4.69, 9.17) is 10.5 Å². The first-order chi connectivity index (χ1) is 7.74. The number of hydrogen-bond acceptors (Lipinski definition) is 4. The number of carbonyl (C=O) groups is 1. The molecule has 1 aromatic rings. The van der Waals surface area contributed by atoms with Crippen molar-refractivity contribution in [3.63, 3.8) is 0 Å². The summed E-state index contributed by atoms with van der Waals surface area (Å²) in [6.07, 6.45) is 2.37. The molecule has 16 heavy (non-hydrogen) atoms. The molecule has 2 rings (SSSR count). The molecule has 2 heterocycles. The number of urea groups is 1. The first-order valence-electron chi connectivity index (χ1n) is 5.11. The summed E-state index contributed by atoms with van der Waals surface area (Å²) < 4.78 is 5.15. The number of nitrogens with one attached hydrogen (secondary N) is 2. The van der Waals surface area contributed by atoms with Crippen molar-refractivity contribution < 1.29 is 9.53 Å². The molecule has 1 atom stereocenters. The minimum Gasteiger partial charge on any atom is -0.384 e. The highest BCUT2D eigenvalue weighted by Gasteiger charge is 2.17. The van der Waals surface area contributed by atoms with Crippen LogP contribution in [0, 0.1) is 0 Å². The molecule has 4 N–H and O–H groups in total. The number of aromatic nitrogens is 1. The van der Waals surface area contributed by atoms with E-state index in [1.165, 1.54) is 6.20 Å². The van der Waals surface area contributed by atoms with Gasteiger partial charge in [0.15, 0.2) is 0 Å². The van der Waals surface area contributed by atoms with Crippen molar-refractivity contribution >= 4 is 17.5 Å². The molecule has 6 heteroatoms. The number of rotatable bonds is 2.